The van der Waals surface area contributed by atoms with Crippen molar-refractivity contribution in [2.75, 3.05) is 20.8 Å². The Morgan fingerprint density at radius 1 is 1.16 bits per heavy atom. The normalized spacial score (nSPS) is 14.1. The molecule has 0 bridgehead atoms. The van der Waals surface area contributed by atoms with Crippen LogP contribution >= 0.6 is 0 Å². The van der Waals surface area contributed by atoms with E-state index in [0.717, 1.165) is 34.6 Å². The fourth-order valence-corrected chi connectivity index (χ4v) is 2.30. The van der Waals surface area contributed by atoms with Gasteiger partial charge in [-0.1, -0.05) is 6.92 Å². The Balaban J connectivity index is 3.21. The Labute approximate surface area is 116 Å². The lowest BCUT2D eigenvalue weighted by Crippen LogP contribution is -2.20. The second-order valence-electron chi connectivity index (χ2n) is 5.13. The lowest BCUT2D eigenvalue weighted by atomic mass is 9.92. The molecule has 0 aliphatic carbocycles. The quantitative estimate of drug-likeness (QED) is 0.829. The molecule has 19 heavy (non-hydrogen) atoms. The van der Waals surface area contributed by atoms with Crippen LogP contribution in [-0.2, 0) is 0 Å². The topological polar surface area (TPSA) is 70.5 Å². The van der Waals surface area contributed by atoms with E-state index in [0.29, 0.717) is 12.5 Å². The molecular formula is C15H26N2O2. The van der Waals surface area contributed by atoms with E-state index < -0.39 is 0 Å². The summed E-state index contributed by atoms with van der Waals surface area (Å²) in [5.74, 6) is 2.09. The van der Waals surface area contributed by atoms with E-state index in [2.05, 4.69) is 6.92 Å². The molecule has 2 atom stereocenters. The Morgan fingerprint density at radius 2 is 1.79 bits per heavy atom. The predicted octanol–water partition coefficient (Wildman–Crippen LogP) is 2.31. The lowest BCUT2D eigenvalue weighted by molar-refractivity contribution is 0.383. The van der Waals surface area contributed by atoms with Crippen molar-refractivity contribution < 1.29 is 9.47 Å². The second-order valence-corrected chi connectivity index (χ2v) is 5.13. The molecule has 1 aromatic rings. The van der Waals surface area contributed by atoms with Crippen molar-refractivity contribution >= 4 is 0 Å². The summed E-state index contributed by atoms with van der Waals surface area (Å²) in [7, 11) is 3.35. The van der Waals surface area contributed by atoms with Crippen molar-refractivity contribution in [3.8, 4) is 11.5 Å². The van der Waals surface area contributed by atoms with E-state index in [1.807, 2.05) is 19.9 Å². The third kappa shape index (κ3) is 3.39. The maximum absolute atomic E-state index is 6.30. The third-order valence-electron chi connectivity index (χ3n) is 3.70. The molecule has 1 rings (SSSR count). The smallest absolute Gasteiger partial charge is 0.127 e. The highest BCUT2D eigenvalue weighted by Gasteiger charge is 2.20. The summed E-state index contributed by atoms with van der Waals surface area (Å²) in [6, 6.07) is 1.89. The van der Waals surface area contributed by atoms with E-state index in [-0.39, 0.29) is 6.04 Å². The van der Waals surface area contributed by atoms with Crippen LogP contribution in [0.15, 0.2) is 6.07 Å². The van der Waals surface area contributed by atoms with Crippen LogP contribution < -0.4 is 20.9 Å². The molecule has 4 nitrogen and oxygen atoms in total. The van der Waals surface area contributed by atoms with Crippen LogP contribution in [0.25, 0.3) is 0 Å². The van der Waals surface area contributed by atoms with Crippen LogP contribution in [0.3, 0.4) is 0 Å². The first kappa shape index (κ1) is 15.8. The van der Waals surface area contributed by atoms with Gasteiger partial charge in [-0.3, -0.25) is 0 Å². The highest BCUT2D eigenvalue weighted by molar-refractivity contribution is 5.53. The highest BCUT2D eigenvalue weighted by Crippen LogP contribution is 2.37. The first-order valence-corrected chi connectivity index (χ1v) is 6.63. The molecule has 0 saturated heterocycles. The van der Waals surface area contributed by atoms with Gasteiger partial charge in [-0.25, -0.2) is 0 Å². The van der Waals surface area contributed by atoms with Gasteiger partial charge in [0.25, 0.3) is 0 Å². The van der Waals surface area contributed by atoms with Crippen LogP contribution in [-0.4, -0.2) is 20.8 Å². The Hall–Kier alpha value is -1.26. The molecule has 0 aliphatic heterocycles. The number of ether oxygens (including phenoxy) is 2. The molecule has 0 saturated carbocycles. The molecular weight excluding hydrogens is 240 g/mol. The first-order chi connectivity index (χ1) is 8.96. The molecule has 4 heteroatoms. The minimum Gasteiger partial charge on any atom is -0.496 e. The number of methoxy groups -OCH3 is 2. The van der Waals surface area contributed by atoms with Gasteiger partial charge in [0.15, 0.2) is 0 Å². The molecule has 0 aliphatic rings. The van der Waals surface area contributed by atoms with E-state index in [9.17, 15) is 0 Å². The van der Waals surface area contributed by atoms with Crippen molar-refractivity contribution in [3.05, 3.63) is 22.8 Å². The van der Waals surface area contributed by atoms with Crippen molar-refractivity contribution in [1.29, 1.82) is 0 Å². The third-order valence-corrected chi connectivity index (χ3v) is 3.70. The van der Waals surface area contributed by atoms with Gasteiger partial charge in [0.1, 0.15) is 11.5 Å². The summed E-state index contributed by atoms with van der Waals surface area (Å²) in [6.07, 6.45) is 0.832. The van der Waals surface area contributed by atoms with Gasteiger partial charge in [-0.15, -0.1) is 0 Å². The van der Waals surface area contributed by atoms with E-state index in [1.54, 1.807) is 14.2 Å². The number of nitrogens with two attached hydrogens (primary N) is 2. The van der Waals surface area contributed by atoms with E-state index >= 15 is 0 Å². The summed E-state index contributed by atoms with van der Waals surface area (Å²) >= 11 is 0. The Bertz CT molecular complexity index is 433. The van der Waals surface area contributed by atoms with Crippen LogP contribution in [0, 0.1) is 19.8 Å². The largest absolute Gasteiger partial charge is 0.496 e. The molecule has 0 aromatic heterocycles. The van der Waals surface area contributed by atoms with Crippen molar-refractivity contribution in [1.82, 2.24) is 0 Å². The zero-order chi connectivity index (χ0) is 14.6. The average Bonchev–Trinajstić information content (AvgIpc) is 2.41. The van der Waals surface area contributed by atoms with Crippen molar-refractivity contribution in [3.63, 3.8) is 0 Å². The number of hydrogen-bond donors (Lipinski definition) is 2. The maximum Gasteiger partial charge on any atom is 0.127 e. The van der Waals surface area contributed by atoms with E-state index in [1.165, 1.54) is 0 Å². The minimum absolute atomic E-state index is 0.0956. The van der Waals surface area contributed by atoms with Crippen molar-refractivity contribution in [2.45, 2.75) is 33.2 Å². The molecule has 4 N–H and O–H groups in total. The van der Waals surface area contributed by atoms with Gasteiger partial charge in [-0.05, 0) is 49.9 Å². The lowest BCUT2D eigenvalue weighted by Gasteiger charge is -2.22. The fourth-order valence-electron chi connectivity index (χ4n) is 2.30. The number of benzene rings is 1. The standard InChI is InChI=1S/C15H26N2O2/c1-9(8-16)6-13(17)12-7-14(18-4)10(2)11(3)15(12)19-5/h7,9,13H,6,8,16-17H2,1-5H3. The summed E-state index contributed by atoms with van der Waals surface area (Å²) in [5, 5.41) is 0. The summed E-state index contributed by atoms with van der Waals surface area (Å²) in [4.78, 5) is 0. The maximum atomic E-state index is 6.30. The zero-order valence-corrected chi connectivity index (χ0v) is 12.6. The number of rotatable bonds is 6. The van der Waals surface area contributed by atoms with Crippen LogP contribution in [0.5, 0.6) is 11.5 Å². The summed E-state index contributed by atoms with van der Waals surface area (Å²) < 4.78 is 10.9. The molecule has 0 amide bonds. The number of hydrogen-bond acceptors (Lipinski definition) is 4. The molecule has 0 fully saturated rings. The molecule has 1 aromatic carbocycles. The fraction of sp³-hybridized carbons (Fsp3) is 0.600. The van der Waals surface area contributed by atoms with Crippen LogP contribution in [0.4, 0.5) is 0 Å². The molecule has 0 heterocycles. The zero-order valence-electron chi connectivity index (χ0n) is 12.6. The SMILES string of the molecule is COc1cc(C(N)CC(C)CN)c(OC)c(C)c1C. The molecule has 2 unspecified atom stereocenters. The molecule has 0 spiro atoms. The second kappa shape index (κ2) is 6.78. The van der Waals surface area contributed by atoms with Crippen LogP contribution in [0.1, 0.15) is 36.1 Å². The monoisotopic (exact) mass is 266 g/mol. The Kier molecular flexibility index (Phi) is 5.63. The highest BCUT2D eigenvalue weighted by atomic mass is 16.5. The van der Waals surface area contributed by atoms with Gasteiger partial charge < -0.3 is 20.9 Å². The first-order valence-electron chi connectivity index (χ1n) is 6.63. The van der Waals surface area contributed by atoms with Gasteiger partial charge in [0.05, 0.1) is 14.2 Å². The van der Waals surface area contributed by atoms with Crippen LogP contribution in [0.2, 0.25) is 0 Å². The predicted molar refractivity (Wildman–Crippen MR) is 78.8 cm³/mol. The summed E-state index contributed by atoms with van der Waals surface area (Å²) in [5.41, 5.74) is 15.1. The van der Waals surface area contributed by atoms with Gasteiger partial charge >= 0.3 is 0 Å². The van der Waals surface area contributed by atoms with E-state index in [4.69, 9.17) is 20.9 Å². The molecule has 0 radical (unpaired) electrons. The van der Waals surface area contributed by atoms with Crippen molar-refractivity contribution in [2.24, 2.45) is 17.4 Å². The average molecular weight is 266 g/mol. The van der Waals surface area contributed by atoms with Gasteiger partial charge in [0, 0.05) is 11.6 Å². The molecule has 108 valence electrons. The Morgan fingerprint density at radius 3 is 2.26 bits per heavy atom. The van der Waals surface area contributed by atoms with Gasteiger partial charge in [-0.2, -0.15) is 0 Å². The summed E-state index contributed by atoms with van der Waals surface area (Å²) in [6.45, 7) is 6.79. The minimum atomic E-state index is -0.0956. The van der Waals surface area contributed by atoms with Gasteiger partial charge in [0.2, 0.25) is 0 Å².